The summed E-state index contributed by atoms with van der Waals surface area (Å²) in [5.74, 6) is -0.240. The molecule has 0 aromatic heterocycles. The van der Waals surface area contributed by atoms with Gasteiger partial charge < -0.3 is 14.8 Å². The van der Waals surface area contributed by atoms with Crippen LogP contribution in [0.1, 0.15) is 5.56 Å². The van der Waals surface area contributed by atoms with Gasteiger partial charge in [-0.25, -0.2) is 4.79 Å². The summed E-state index contributed by atoms with van der Waals surface area (Å²) in [7, 11) is 1.59. The minimum absolute atomic E-state index is 0.349. The number of hydrogen-bond acceptors (Lipinski definition) is 4. The smallest absolute Gasteiger partial charge is 0.331 e. The number of rotatable bonds is 6. The third-order valence-corrected chi connectivity index (χ3v) is 3.91. The topological polar surface area (TPSA) is 64.6 Å². The fraction of sp³-hybridized carbons (Fsp3) is 0.0909. The zero-order chi connectivity index (χ0) is 19.1. The number of esters is 1. The molecule has 0 saturated heterocycles. The van der Waals surface area contributed by atoms with Gasteiger partial charge in [-0.15, -0.1) is 0 Å². The molecule has 0 fully saturated rings. The van der Waals surface area contributed by atoms with Gasteiger partial charge in [-0.2, -0.15) is 0 Å². The number of carbonyl (C=O) groups excluding carboxylic acids is 2. The van der Waals surface area contributed by atoms with Gasteiger partial charge in [-0.05, 0) is 46.7 Å². The number of fused-ring (bicyclic) bond motifs is 1. The van der Waals surface area contributed by atoms with E-state index in [1.54, 1.807) is 25.3 Å². The number of methoxy groups -OCH3 is 1. The minimum Gasteiger partial charge on any atom is -0.497 e. The summed E-state index contributed by atoms with van der Waals surface area (Å²) in [5, 5.41) is 4.83. The van der Waals surface area contributed by atoms with Crippen LogP contribution in [-0.2, 0) is 14.3 Å². The van der Waals surface area contributed by atoms with Gasteiger partial charge in [0.1, 0.15) is 5.75 Å². The van der Waals surface area contributed by atoms with Crippen LogP contribution in [0.25, 0.3) is 16.8 Å². The van der Waals surface area contributed by atoms with Gasteiger partial charge in [-0.1, -0.05) is 42.5 Å². The Morgan fingerprint density at radius 2 is 1.70 bits per heavy atom. The largest absolute Gasteiger partial charge is 0.497 e. The van der Waals surface area contributed by atoms with Crippen molar-refractivity contribution in [2.45, 2.75) is 0 Å². The van der Waals surface area contributed by atoms with Crippen LogP contribution in [0.2, 0.25) is 0 Å². The molecule has 5 heteroatoms. The minimum atomic E-state index is -0.584. The van der Waals surface area contributed by atoms with Crippen LogP contribution in [0.5, 0.6) is 5.75 Å². The Morgan fingerprint density at radius 3 is 2.44 bits per heavy atom. The predicted octanol–water partition coefficient (Wildman–Crippen LogP) is 4.04. The van der Waals surface area contributed by atoms with Crippen molar-refractivity contribution in [3.63, 3.8) is 0 Å². The lowest BCUT2D eigenvalue weighted by atomic mass is 10.1. The summed E-state index contributed by atoms with van der Waals surface area (Å²) in [4.78, 5) is 23.7. The molecule has 0 bridgehead atoms. The van der Waals surface area contributed by atoms with E-state index in [1.807, 2.05) is 54.6 Å². The highest BCUT2D eigenvalue weighted by Gasteiger charge is 2.06. The number of carbonyl (C=O) groups is 2. The predicted molar refractivity (Wildman–Crippen MR) is 106 cm³/mol. The van der Waals surface area contributed by atoms with E-state index in [0.29, 0.717) is 5.69 Å². The third-order valence-electron chi connectivity index (χ3n) is 3.91. The van der Waals surface area contributed by atoms with E-state index in [2.05, 4.69) is 5.32 Å². The normalized spacial score (nSPS) is 10.7. The number of hydrogen-bond donors (Lipinski definition) is 1. The molecule has 5 nitrogen and oxygen atoms in total. The number of anilines is 1. The van der Waals surface area contributed by atoms with Crippen LogP contribution in [0.4, 0.5) is 5.69 Å². The molecule has 0 spiro atoms. The first-order chi connectivity index (χ1) is 13.1. The summed E-state index contributed by atoms with van der Waals surface area (Å²) < 4.78 is 10.0. The van der Waals surface area contributed by atoms with E-state index < -0.39 is 11.9 Å². The second-order valence-electron chi connectivity index (χ2n) is 5.82. The van der Waals surface area contributed by atoms with Crippen molar-refractivity contribution < 1.29 is 19.1 Å². The highest BCUT2D eigenvalue weighted by atomic mass is 16.5. The van der Waals surface area contributed by atoms with E-state index in [4.69, 9.17) is 9.47 Å². The molecule has 0 aliphatic heterocycles. The van der Waals surface area contributed by atoms with Gasteiger partial charge in [0, 0.05) is 11.8 Å². The Balaban J connectivity index is 1.50. The second-order valence-corrected chi connectivity index (χ2v) is 5.82. The van der Waals surface area contributed by atoms with Crippen molar-refractivity contribution in [2.75, 3.05) is 19.0 Å². The SMILES string of the molecule is COc1ccc(C=CC(=O)OCC(=O)Nc2ccc3ccccc3c2)cc1. The first-order valence-corrected chi connectivity index (χ1v) is 8.41. The van der Waals surface area contributed by atoms with E-state index in [9.17, 15) is 9.59 Å². The number of nitrogens with one attached hydrogen (secondary N) is 1. The van der Waals surface area contributed by atoms with Crippen molar-refractivity contribution in [3.8, 4) is 5.75 Å². The average molecular weight is 361 g/mol. The Morgan fingerprint density at radius 1 is 0.963 bits per heavy atom. The molecule has 3 aromatic carbocycles. The van der Waals surface area contributed by atoms with Crippen LogP contribution in [0.15, 0.2) is 72.8 Å². The Labute approximate surface area is 157 Å². The molecular formula is C22H19NO4. The Kier molecular flexibility index (Phi) is 5.84. The van der Waals surface area contributed by atoms with Crippen LogP contribution >= 0.6 is 0 Å². The molecule has 136 valence electrons. The first kappa shape index (κ1) is 18.2. The Bertz CT molecular complexity index is 977. The highest BCUT2D eigenvalue weighted by Crippen LogP contribution is 2.18. The molecule has 0 heterocycles. The number of amides is 1. The molecule has 0 saturated carbocycles. The molecule has 1 amide bonds. The summed E-state index contributed by atoms with van der Waals surface area (Å²) in [5.41, 5.74) is 1.48. The van der Waals surface area contributed by atoms with Crippen LogP contribution in [0.3, 0.4) is 0 Å². The molecule has 0 unspecified atom stereocenters. The summed E-state index contributed by atoms with van der Waals surface area (Å²) in [6.45, 7) is -0.349. The van der Waals surface area contributed by atoms with E-state index >= 15 is 0 Å². The first-order valence-electron chi connectivity index (χ1n) is 8.41. The molecule has 0 aliphatic carbocycles. The zero-order valence-electron chi connectivity index (χ0n) is 14.8. The van der Waals surface area contributed by atoms with Crippen molar-refractivity contribution in [1.82, 2.24) is 0 Å². The van der Waals surface area contributed by atoms with E-state index in [-0.39, 0.29) is 6.61 Å². The summed E-state index contributed by atoms with van der Waals surface area (Å²) in [6.07, 6.45) is 2.90. The lowest BCUT2D eigenvalue weighted by Gasteiger charge is -2.06. The van der Waals surface area contributed by atoms with Gasteiger partial charge >= 0.3 is 5.97 Å². The zero-order valence-corrected chi connectivity index (χ0v) is 14.8. The van der Waals surface area contributed by atoms with Gasteiger partial charge in [0.25, 0.3) is 5.91 Å². The molecule has 0 radical (unpaired) electrons. The van der Waals surface area contributed by atoms with Gasteiger partial charge in [-0.3, -0.25) is 4.79 Å². The van der Waals surface area contributed by atoms with Crippen molar-refractivity contribution in [2.24, 2.45) is 0 Å². The maximum absolute atomic E-state index is 12.0. The summed E-state index contributed by atoms with van der Waals surface area (Å²) >= 11 is 0. The lowest BCUT2D eigenvalue weighted by molar-refractivity contribution is -0.142. The van der Waals surface area contributed by atoms with Crippen molar-refractivity contribution in [3.05, 3.63) is 78.4 Å². The molecule has 0 aliphatic rings. The maximum atomic E-state index is 12.0. The third kappa shape index (κ3) is 5.19. The fourth-order valence-corrected chi connectivity index (χ4v) is 2.53. The fourth-order valence-electron chi connectivity index (χ4n) is 2.53. The van der Waals surface area contributed by atoms with Crippen molar-refractivity contribution >= 4 is 34.4 Å². The quantitative estimate of drug-likeness (QED) is 0.531. The van der Waals surface area contributed by atoms with Crippen LogP contribution in [0, 0.1) is 0 Å². The Hall–Kier alpha value is -3.60. The summed E-state index contributed by atoms with van der Waals surface area (Å²) in [6, 6.07) is 20.7. The average Bonchev–Trinajstić information content (AvgIpc) is 2.71. The van der Waals surface area contributed by atoms with E-state index in [0.717, 1.165) is 22.1 Å². The molecule has 3 rings (SSSR count). The lowest BCUT2D eigenvalue weighted by Crippen LogP contribution is -2.20. The van der Waals surface area contributed by atoms with Gasteiger partial charge in [0.05, 0.1) is 7.11 Å². The second kappa shape index (κ2) is 8.67. The molecule has 0 atom stereocenters. The molecule has 27 heavy (non-hydrogen) atoms. The van der Waals surface area contributed by atoms with Gasteiger partial charge in [0.2, 0.25) is 0 Å². The monoisotopic (exact) mass is 361 g/mol. The molecule has 3 aromatic rings. The molecular weight excluding hydrogens is 342 g/mol. The number of ether oxygens (including phenoxy) is 2. The standard InChI is InChI=1S/C22H19NO4/c1-26-20-11-6-16(7-12-20)8-13-22(25)27-15-21(24)23-19-10-9-17-4-2-3-5-18(17)14-19/h2-14H,15H2,1H3,(H,23,24). The highest BCUT2D eigenvalue weighted by molar-refractivity contribution is 5.96. The van der Waals surface area contributed by atoms with Crippen LogP contribution < -0.4 is 10.1 Å². The van der Waals surface area contributed by atoms with Crippen molar-refractivity contribution in [1.29, 1.82) is 0 Å². The molecule has 1 N–H and O–H groups in total. The maximum Gasteiger partial charge on any atom is 0.331 e. The van der Waals surface area contributed by atoms with E-state index in [1.165, 1.54) is 6.08 Å². The van der Waals surface area contributed by atoms with Crippen LogP contribution in [-0.4, -0.2) is 25.6 Å². The van der Waals surface area contributed by atoms with Gasteiger partial charge in [0.15, 0.2) is 6.61 Å². The number of benzene rings is 3.